The number of aromatic amines is 1. The van der Waals surface area contributed by atoms with Gasteiger partial charge in [0.25, 0.3) is 0 Å². The molecular formula is C17H12N2O2. The van der Waals surface area contributed by atoms with Gasteiger partial charge in [-0.2, -0.15) is 5.26 Å². The van der Waals surface area contributed by atoms with Gasteiger partial charge in [0.1, 0.15) is 5.75 Å². The van der Waals surface area contributed by atoms with Gasteiger partial charge in [-0.1, -0.05) is 0 Å². The van der Waals surface area contributed by atoms with Crippen LogP contribution in [0.5, 0.6) is 5.75 Å². The van der Waals surface area contributed by atoms with E-state index in [9.17, 15) is 4.79 Å². The number of benzene rings is 2. The van der Waals surface area contributed by atoms with Crippen molar-refractivity contribution in [2.45, 2.75) is 0 Å². The molecule has 1 aromatic heterocycles. The Morgan fingerprint density at radius 3 is 2.62 bits per heavy atom. The number of nitriles is 1. The van der Waals surface area contributed by atoms with E-state index in [0.717, 1.165) is 10.9 Å². The van der Waals surface area contributed by atoms with Crippen molar-refractivity contribution in [3.8, 4) is 11.8 Å². The monoisotopic (exact) mass is 276 g/mol. The first-order valence-corrected chi connectivity index (χ1v) is 6.43. The molecule has 4 nitrogen and oxygen atoms in total. The highest BCUT2D eigenvalue weighted by molar-refractivity contribution is 6.16. The van der Waals surface area contributed by atoms with Crippen LogP contribution in [0.25, 0.3) is 10.9 Å². The summed E-state index contributed by atoms with van der Waals surface area (Å²) in [5.74, 6) is 0.622. The van der Waals surface area contributed by atoms with E-state index in [4.69, 9.17) is 10.00 Å². The van der Waals surface area contributed by atoms with Crippen LogP contribution in [-0.2, 0) is 0 Å². The number of ether oxygens (including phenoxy) is 1. The number of fused-ring (bicyclic) bond motifs is 1. The molecule has 0 atom stereocenters. The predicted molar refractivity (Wildman–Crippen MR) is 79.4 cm³/mol. The fraction of sp³-hybridized carbons (Fsp3) is 0.0588. The third-order valence-electron chi connectivity index (χ3n) is 3.41. The van der Waals surface area contributed by atoms with Crippen LogP contribution in [-0.4, -0.2) is 17.9 Å². The van der Waals surface area contributed by atoms with Crippen LogP contribution in [0.2, 0.25) is 0 Å². The van der Waals surface area contributed by atoms with Crippen molar-refractivity contribution in [2.24, 2.45) is 0 Å². The van der Waals surface area contributed by atoms with Gasteiger partial charge in [0, 0.05) is 28.2 Å². The highest BCUT2D eigenvalue weighted by atomic mass is 16.5. The average molecular weight is 276 g/mol. The number of hydrogen-bond acceptors (Lipinski definition) is 3. The van der Waals surface area contributed by atoms with Crippen molar-refractivity contribution < 1.29 is 9.53 Å². The van der Waals surface area contributed by atoms with Gasteiger partial charge >= 0.3 is 0 Å². The first-order valence-electron chi connectivity index (χ1n) is 6.43. The first-order chi connectivity index (χ1) is 10.2. The topological polar surface area (TPSA) is 65.9 Å². The number of ketones is 1. The molecule has 0 saturated heterocycles. The lowest BCUT2D eigenvalue weighted by Crippen LogP contribution is -2.00. The molecule has 0 amide bonds. The minimum atomic E-state index is -0.0843. The van der Waals surface area contributed by atoms with E-state index in [-0.39, 0.29) is 5.78 Å². The van der Waals surface area contributed by atoms with Crippen molar-refractivity contribution in [2.75, 3.05) is 7.11 Å². The second kappa shape index (κ2) is 5.14. The molecule has 3 aromatic rings. The molecule has 0 aliphatic rings. The van der Waals surface area contributed by atoms with Gasteiger partial charge in [0.05, 0.1) is 18.7 Å². The highest BCUT2D eigenvalue weighted by Crippen LogP contribution is 2.23. The fourth-order valence-electron chi connectivity index (χ4n) is 2.28. The first kappa shape index (κ1) is 12.9. The summed E-state index contributed by atoms with van der Waals surface area (Å²) < 4.78 is 5.09. The van der Waals surface area contributed by atoms with Crippen molar-refractivity contribution in [3.63, 3.8) is 0 Å². The molecule has 1 heterocycles. The molecule has 21 heavy (non-hydrogen) atoms. The summed E-state index contributed by atoms with van der Waals surface area (Å²) in [5.41, 5.74) is 2.52. The summed E-state index contributed by atoms with van der Waals surface area (Å²) in [6.07, 6.45) is 1.68. The molecule has 0 saturated carbocycles. The lowest BCUT2D eigenvalue weighted by Gasteiger charge is -2.02. The van der Waals surface area contributed by atoms with E-state index in [1.165, 1.54) is 0 Å². The lowest BCUT2D eigenvalue weighted by atomic mass is 10.0. The molecule has 3 rings (SSSR count). The number of carbonyl (C=O) groups is 1. The second-order valence-corrected chi connectivity index (χ2v) is 4.63. The van der Waals surface area contributed by atoms with Crippen LogP contribution >= 0.6 is 0 Å². The Kier molecular flexibility index (Phi) is 3.17. The molecule has 0 radical (unpaired) electrons. The average Bonchev–Trinajstić information content (AvgIpc) is 2.97. The summed E-state index contributed by atoms with van der Waals surface area (Å²) in [7, 11) is 1.58. The van der Waals surface area contributed by atoms with Gasteiger partial charge in [-0.3, -0.25) is 4.79 Å². The zero-order chi connectivity index (χ0) is 14.8. The zero-order valence-electron chi connectivity index (χ0n) is 11.4. The molecule has 1 N–H and O–H groups in total. The van der Waals surface area contributed by atoms with Crippen molar-refractivity contribution in [3.05, 3.63) is 65.4 Å². The largest absolute Gasteiger partial charge is 0.497 e. The van der Waals surface area contributed by atoms with Gasteiger partial charge in [-0.05, 0) is 42.5 Å². The van der Waals surface area contributed by atoms with E-state index in [1.54, 1.807) is 55.8 Å². The Labute approximate surface area is 121 Å². The van der Waals surface area contributed by atoms with E-state index in [2.05, 4.69) is 11.1 Å². The van der Waals surface area contributed by atoms with Crippen LogP contribution in [0, 0.1) is 11.3 Å². The third kappa shape index (κ3) is 2.26. The molecule has 0 spiro atoms. The van der Waals surface area contributed by atoms with Gasteiger partial charge in [0.2, 0.25) is 0 Å². The number of methoxy groups -OCH3 is 1. The molecule has 0 unspecified atom stereocenters. The Morgan fingerprint density at radius 2 is 1.95 bits per heavy atom. The lowest BCUT2D eigenvalue weighted by molar-refractivity contribution is 0.104. The van der Waals surface area contributed by atoms with Crippen LogP contribution < -0.4 is 4.74 Å². The van der Waals surface area contributed by atoms with Crippen LogP contribution in [0.1, 0.15) is 21.5 Å². The fourth-order valence-corrected chi connectivity index (χ4v) is 2.28. The van der Waals surface area contributed by atoms with E-state index < -0.39 is 0 Å². The Bertz CT molecular complexity index is 855. The minimum absolute atomic E-state index is 0.0843. The van der Waals surface area contributed by atoms with Crippen LogP contribution in [0.4, 0.5) is 0 Å². The summed E-state index contributed by atoms with van der Waals surface area (Å²) in [6.45, 7) is 0. The molecule has 0 aliphatic carbocycles. The van der Waals surface area contributed by atoms with Crippen molar-refractivity contribution >= 4 is 16.7 Å². The maximum atomic E-state index is 12.6. The van der Waals surface area contributed by atoms with Gasteiger partial charge in [-0.15, -0.1) is 0 Å². The molecule has 4 heteroatoms. The standard InChI is InChI=1S/C17H12N2O2/c1-21-13-5-3-12(4-6-13)17(20)15-10-19-16-7-2-11(9-18)8-14(15)16/h2-8,10,19H,1H3. The summed E-state index contributed by atoms with van der Waals surface area (Å²) in [5, 5.41) is 9.74. The number of aromatic nitrogens is 1. The van der Waals surface area contributed by atoms with Gasteiger partial charge < -0.3 is 9.72 Å². The van der Waals surface area contributed by atoms with E-state index in [1.807, 2.05) is 0 Å². The van der Waals surface area contributed by atoms with Gasteiger partial charge in [-0.25, -0.2) is 0 Å². The predicted octanol–water partition coefficient (Wildman–Crippen LogP) is 3.28. The maximum Gasteiger partial charge on any atom is 0.195 e. The normalized spacial score (nSPS) is 10.3. The molecule has 0 fully saturated rings. The molecule has 2 aromatic carbocycles. The smallest absolute Gasteiger partial charge is 0.195 e. The SMILES string of the molecule is COc1ccc(C(=O)c2c[nH]c3ccc(C#N)cc23)cc1. The summed E-state index contributed by atoms with van der Waals surface area (Å²) >= 11 is 0. The quantitative estimate of drug-likeness (QED) is 0.746. The molecule has 0 bridgehead atoms. The highest BCUT2D eigenvalue weighted by Gasteiger charge is 2.14. The number of H-pyrrole nitrogens is 1. The van der Waals surface area contributed by atoms with Crippen LogP contribution in [0.3, 0.4) is 0 Å². The molecule has 0 aliphatic heterocycles. The van der Waals surface area contributed by atoms with Crippen molar-refractivity contribution in [1.82, 2.24) is 4.98 Å². The maximum absolute atomic E-state index is 12.6. The number of hydrogen-bond donors (Lipinski definition) is 1. The van der Waals surface area contributed by atoms with Crippen molar-refractivity contribution in [1.29, 1.82) is 5.26 Å². The van der Waals surface area contributed by atoms with E-state index in [0.29, 0.717) is 22.4 Å². The summed E-state index contributed by atoms with van der Waals surface area (Å²) in [4.78, 5) is 15.6. The van der Waals surface area contributed by atoms with E-state index >= 15 is 0 Å². The Balaban J connectivity index is 2.06. The Morgan fingerprint density at radius 1 is 1.19 bits per heavy atom. The van der Waals surface area contributed by atoms with Crippen LogP contribution in [0.15, 0.2) is 48.7 Å². The number of carbonyl (C=O) groups excluding carboxylic acids is 1. The minimum Gasteiger partial charge on any atom is -0.497 e. The van der Waals surface area contributed by atoms with Gasteiger partial charge in [0.15, 0.2) is 5.78 Å². The number of nitrogens with one attached hydrogen (secondary N) is 1. The summed E-state index contributed by atoms with van der Waals surface area (Å²) in [6, 6.07) is 14.3. The number of nitrogens with zero attached hydrogens (tertiary/aromatic N) is 1. The molecular weight excluding hydrogens is 264 g/mol. The second-order valence-electron chi connectivity index (χ2n) is 4.63. The number of rotatable bonds is 3. The Hall–Kier alpha value is -3.06. The molecule has 102 valence electrons. The third-order valence-corrected chi connectivity index (χ3v) is 3.41. The zero-order valence-corrected chi connectivity index (χ0v) is 11.4.